The van der Waals surface area contributed by atoms with Crippen molar-refractivity contribution in [2.45, 2.75) is 26.7 Å². The van der Waals surface area contributed by atoms with Crippen LogP contribution in [0.2, 0.25) is 0 Å². The summed E-state index contributed by atoms with van der Waals surface area (Å²) in [6, 6.07) is 16.3. The normalized spacial score (nSPS) is 15.3. The van der Waals surface area contributed by atoms with Crippen molar-refractivity contribution in [3.05, 3.63) is 80.4 Å². The van der Waals surface area contributed by atoms with E-state index in [1.54, 1.807) is 12.1 Å². The summed E-state index contributed by atoms with van der Waals surface area (Å²) in [6.45, 7) is 4.22. The molecule has 0 fully saturated rings. The van der Waals surface area contributed by atoms with Gasteiger partial charge in [0.25, 0.3) is 5.69 Å². The van der Waals surface area contributed by atoms with Crippen molar-refractivity contribution < 1.29 is 9.72 Å². The van der Waals surface area contributed by atoms with Crippen molar-refractivity contribution in [3.8, 4) is 16.9 Å². The van der Waals surface area contributed by atoms with Gasteiger partial charge in [-0.3, -0.25) is 14.9 Å². The van der Waals surface area contributed by atoms with Gasteiger partial charge in [0.1, 0.15) is 0 Å². The standard InChI is InChI=1S/C22H19BrN2O3/c1-22(2)12-20-18(21(26)13-22)11-19(14-6-8-16(9-7-14)25(27)28)24(20)17-5-3-4-15(23)10-17/h3-11H,12-13H2,1-2H3. The fraction of sp³-hybridized carbons (Fsp3) is 0.227. The first-order chi connectivity index (χ1) is 13.2. The Morgan fingerprint density at radius 2 is 1.79 bits per heavy atom. The quantitative estimate of drug-likeness (QED) is 0.373. The molecule has 1 aromatic heterocycles. The second kappa shape index (κ2) is 6.71. The number of ketones is 1. The molecule has 6 heteroatoms. The third kappa shape index (κ3) is 3.29. The Balaban J connectivity index is 1.96. The molecule has 142 valence electrons. The van der Waals surface area contributed by atoms with Crippen LogP contribution in [0, 0.1) is 15.5 Å². The molecule has 3 aromatic rings. The zero-order valence-electron chi connectivity index (χ0n) is 15.6. The van der Waals surface area contributed by atoms with Gasteiger partial charge in [-0.1, -0.05) is 35.8 Å². The molecule has 0 amide bonds. The number of hydrogen-bond acceptors (Lipinski definition) is 3. The molecule has 0 radical (unpaired) electrons. The second-order valence-corrected chi connectivity index (χ2v) is 8.87. The number of carbonyl (C=O) groups excluding carboxylic acids is 1. The van der Waals surface area contributed by atoms with E-state index in [1.165, 1.54) is 12.1 Å². The number of halogens is 1. The molecule has 0 unspecified atom stereocenters. The lowest BCUT2D eigenvalue weighted by Crippen LogP contribution is -2.27. The molecule has 0 saturated carbocycles. The average Bonchev–Trinajstić information content (AvgIpc) is 3.00. The number of carbonyl (C=O) groups is 1. The van der Waals surface area contributed by atoms with E-state index in [4.69, 9.17) is 0 Å². The molecule has 1 aliphatic rings. The van der Waals surface area contributed by atoms with Crippen LogP contribution in [0.5, 0.6) is 0 Å². The van der Waals surface area contributed by atoms with Crippen LogP contribution in [-0.2, 0) is 6.42 Å². The number of nitrogens with zero attached hydrogens (tertiary/aromatic N) is 2. The minimum Gasteiger partial charge on any atom is -0.313 e. The van der Waals surface area contributed by atoms with Crippen LogP contribution < -0.4 is 0 Å². The highest BCUT2D eigenvalue weighted by Gasteiger charge is 2.35. The molecule has 1 aliphatic carbocycles. The Hall–Kier alpha value is -2.73. The van der Waals surface area contributed by atoms with Crippen LogP contribution in [0.15, 0.2) is 59.1 Å². The molecule has 0 atom stereocenters. The Bertz CT molecular complexity index is 1100. The van der Waals surface area contributed by atoms with Gasteiger partial charge in [-0.15, -0.1) is 0 Å². The van der Waals surface area contributed by atoms with Gasteiger partial charge in [-0.25, -0.2) is 0 Å². The molecule has 0 aliphatic heterocycles. The zero-order valence-corrected chi connectivity index (χ0v) is 17.2. The highest BCUT2D eigenvalue weighted by molar-refractivity contribution is 9.10. The minimum absolute atomic E-state index is 0.0475. The van der Waals surface area contributed by atoms with Gasteiger partial charge in [0.15, 0.2) is 5.78 Å². The molecule has 28 heavy (non-hydrogen) atoms. The van der Waals surface area contributed by atoms with Crippen LogP contribution >= 0.6 is 15.9 Å². The summed E-state index contributed by atoms with van der Waals surface area (Å²) in [7, 11) is 0. The minimum atomic E-state index is -0.409. The molecular formula is C22H19BrN2O3. The SMILES string of the molecule is CC1(C)CC(=O)c2cc(-c3ccc([N+](=O)[O-])cc3)n(-c3cccc(Br)c3)c2C1. The van der Waals surface area contributed by atoms with Crippen molar-refractivity contribution >= 4 is 27.4 Å². The number of nitro groups is 1. The first-order valence-electron chi connectivity index (χ1n) is 9.04. The van der Waals surface area contributed by atoms with Crippen LogP contribution in [0.25, 0.3) is 16.9 Å². The number of benzene rings is 2. The predicted octanol–water partition coefficient (Wildman–Crippen LogP) is 5.97. The van der Waals surface area contributed by atoms with Gasteiger partial charge in [0, 0.05) is 40.0 Å². The van der Waals surface area contributed by atoms with Crippen LogP contribution in [-0.4, -0.2) is 15.3 Å². The van der Waals surface area contributed by atoms with Crippen molar-refractivity contribution in [1.82, 2.24) is 4.57 Å². The molecular weight excluding hydrogens is 420 g/mol. The lowest BCUT2D eigenvalue weighted by Gasteiger charge is -2.30. The van der Waals surface area contributed by atoms with Crippen molar-refractivity contribution in [1.29, 1.82) is 0 Å². The van der Waals surface area contributed by atoms with Crippen LogP contribution in [0.1, 0.15) is 36.3 Å². The summed E-state index contributed by atoms with van der Waals surface area (Å²) >= 11 is 3.53. The van der Waals surface area contributed by atoms with Gasteiger partial charge in [0.05, 0.1) is 10.6 Å². The summed E-state index contributed by atoms with van der Waals surface area (Å²) in [5, 5.41) is 11.0. The van der Waals surface area contributed by atoms with E-state index < -0.39 is 4.92 Å². The number of hydrogen-bond donors (Lipinski definition) is 0. The van der Waals surface area contributed by atoms with Crippen molar-refractivity contribution in [2.24, 2.45) is 5.41 Å². The largest absolute Gasteiger partial charge is 0.313 e. The number of fused-ring (bicyclic) bond motifs is 1. The topological polar surface area (TPSA) is 65.1 Å². The molecule has 0 N–H and O–H groups in total. The number of Topliss-reactive ketones (excluding diaryl/α,β-unsaturated/α-hetero) is 1. The predicted molar refractivity (Wildman–Crippen MR) is 112 cm³/mol. The summed E-state index contributed by atoms with van der Waals surface area (Å²) in [4.78, 5) is 23.4. The lowest BCUT2D eigenvalue weighted by molar-refractivity contribution is -0.384. The third-order valence-electron chi connectivity index (χ3n) is 5.13. The number of nitro benzene ring substituents is 1. The number of non-ortho nitro benzene ring substituents is 1. The van der Waals surface area contributed by atoms with Crippen LogP contribution in [0.4, 0.5) is 5.69 Å². The molecule has 1 heterocycles. The fourth-order valence-corrected chi connectivity index (χ4v) is 4.28. The summed E-state index contributed by atoms with van der Waals surface area (Å²) < 4.78 is 3.06. The molecule has 0 saturated heterocycles. The first-order valence-corrected chi connectivity index (χ1v) is 9.83. The van der Waals surface area contributed by atoms with Gasteiger partial charge in [-0.2, -0.15) is 0 Å². The Labute approximate surface area is 171 Å². The number of rotatable bonds is 3. The van der Waals surface area contributed by atoms with E-state index in [0.717, 1.165) is 39.1 Å². The van der Waals surface area contributed by atoms with E-state index in [2.05, 4.69) is 34.3 Å². The molecule has 4 rings (SSSR count). The van der Waals surface area contributed by atoms with Gasteiger partial charge >= 0.3 is 0 Å². The van der Waals surface area contributed by atoms with Gasteiger partial charge in [0.2, 0.25) is 0 Å². The summed E-state index contributed by atoms with van der Waals surface area (Å²) in [5.74, 6) is 0.142. The molecule has 2 aromatic carbocycles. The van der Waals surface area contributed by atoms with Crippen LogP contribution in [0.3, 0.4) is 0 Å². The van der Waals surface area contributed by atoms with E-state index in [0.29, 0.717) is 6.42 Å². The van der Waals surface area contributed by atoms with E-state index in [-0.39, 0.29) is 16.9 Å². The van der Waals surface area contributed by atoms with E-state index in [1.807, 2.05) is 30.3 Å². The van der Waals surface area contributed by atoms with Gasteiger partial charge < -0.3 is 4.57 Å². The Kier molecular flexibility index (Phi) is 4.46. The molecule has 5 nitrogen and oxygen atoms in total. The Morgan fingerprint density at radius 3 is 2.43 bits per heavy atom. The maximum atomic E-state index is 12.8. The lowest BCUT2D eigenvalue weighted by atomic mass is 9.76. The average molecular weight is 439 g/mol. The molecule has 0 spiro atoms. The second-order valence-electron chi connectivity index (χ2n) is 7.95. The van der Waals surface area contributed by atoms with Crippen molar-refractivity contribution in [2.75, 3.05) is 0 Å². The third-order valence-corrected chi connectivity index (χ3v) is 5.62. The Morgan fingerprint density at radius 1 is 1.07 bits per heavy atom. The molecule has 0 bridgehead atoms. The monoisotopic (exact) mass is 438 g/mol. The fourth-order valence-electron chi connectivity index (χ4n) is 3.89. The van der Waals surface area contributed by atoms with Gasteiger partial charge in [-0.05, 0) is 53.8 Å². The number of aromatic nitrogens is 1. The summed E-state index contributed by atoms with van der Waals surface area (Å²) in [6.07, 6.45) is 1.30. The summed E-state index contributed by atoms with van der Waals surface area (Å²) in [5.41, 5.74) is 4.33. The smallest absolute Gasteiger partial charge is 0.269 e. The maximum Gasteiger partial charge on any atom is 0.269 e. The first kappa shape index (κ1) is 18.6. The maximum absolute atomic E-state index is 12.8. The van der Waals surface area contributed by atoms with E-state index in [9.17, 15) is 14.9 Å². The van der Waals surface area contributed by atoms with Crippen molar-refractivity contribution in [3.63, 3.8) is 0 Å². The zero-order chi connectivity index (χ0) is 20.1. The van der Waals surface area contributed by atoms with E-state index >= 15 is 0 Å². The highest BCUT2D eigenvalue weighted by atomic mass is 79.9. The highest BCUT2D eigenvalue weighted by Crippen LogP contribution is 2.40.